The molecule has 0 unspecified atom stereocenters. The van der Waals surface area contributed by atoms with E-state index in [1.807, 2.05) is 6.07 Å². The number of rotatable bonds is 2. The van der Waals surface area contributed by atoms with E-state index in [0.29, 0.717) is 5.56 Å². The third kappa shape index (κ3) is 2.45. The van der Waals surface area contributed by atoms with Crippen molar-refractivity contribution in [1.29, 1.82) is 5.26 Å². The number of carbonyl (C=O) groups excluding carboxylic acids is 1. The van der Waals surface area contributed by atoms with Crippen molar-refractivity contribution in [3.8, 4) is 6.07 Å². The first kappa shape index (κ1) is 9.99. The van der Waals surface area contributed by atoms with Gasteiger partial charge in [0.1, 0.15) is 6.07 Å². The summed E-state index contributed by atoms with van der Waals surface area (Å²) in [6.07, 6.45) is 1.16. The van der Waals surface area contributed by atoms with Gasteiger partial charge in [0, 0.05) is 18.0 Å². The van der Waals surface area contributed by atoms with Gasteiger partial charge < -0.3 is 9.47 Å². The lowest BCUT2D eigenvalue weighted by Gasteiger charge is -2.08. The molecule has 0 bridgehead atoms. The zero-order chi connectivity index (χ0) is 10.4. The third-order valence-corrected chi connectivity index (χ3v) is 1.49. The van der Waals surface area contributed by atoms with Crippen LogP contribution < -0.4 is 0 Å². The van der Waals surface area contributed by atoms with E-state index in [0.717, 1.165) is 0 Å². The molecular weight excluding hydrogens is 184 g/mol. The maximum absolute atomic E-state index is 10.7. The Kier molecular flexibility index (Phi) is 3.44. The average molecular weight is 192 g/mol. The van der Waals surface area contributed by atoms with Gasteiger partial charge >= 0.3 is 6.16 Å². The number of methoxy groups -OCH3 is 1. The Labute approximate surface area is 80.9 Å². The summed E-state index contributed by atoms with van der Waals surface area (Å²) in [7, 11) is 1.18. The van der Waals surface area contributed by atoms with Crippen molar-refractivity contribution in [2.24, 2.45) is 0 Å². The van der Waals surface area contributed by atoms with E-state index < -0.39 is 12.3 Å². The highest BCUT2D eigenvalue weighted by molar-refractivity contribution is 5.60. The molecule has 0 N–H and O–H groups in total. The first-order valence-corrected chi connectivity index (χ1v) is 3.82. The average Bonchev–Trinajstić information content (AvgIpc) is 2.26. The highest BCUT2D eigenvalue weighted by atomic mass is 16.7. The lowest BCUT2D eigenvalue weighted by Crippen LogP contribution is -2.09. The molecule has 0 radical (unpaired) electrons. The van der Waals surface area contributed by atoms with Gasteiger partial charge in [-0.25, -0.2) is 4.79 Å². The second kappa shape index (κ2) is 4.82. The first-order valence-electron chi connectivity index (χ1n) is 3.82. The quantitative estimate of drug-likeness (QED) is 0.662. The fourth-order valence-corrected chi connectivity index (χ4v) is 0.844. The van der Waals surface area contributed by atoms with Gasteiger partial charge in [-0.15, -0.1) is 0 Å². The second-order valence-electron chi connectivity index (χ2n) is 2.37. The summed E-state index contributed by atoms with van der Waals surface area (Å²) in [6, 6.07) is 5.12. The molecule has 1 atom stereocenters. The fourth-order valence-electron chi connectivity index (χ4n) is 0.844. The molecule has 0 aliphatic carbocycles. The van der Waals surface area contributed by atoms with Gasteiger partial charge in [0.25, 0.3) is 0 Å². The molecule has 5 nitrogen and oxygen atoms in total. The van der Waals surface area contributed by atoms with Crippen molar-refractivity contribution >= 4 is 6.16 Å². The maximum Gasteiger partial charge on any atom is 0.509 e. The molecule has 0 aliphatic rings. The minimum absolute atomic E-state index is 0.514. The summed E-state index contributed by atoms with van der Waals surface area (Å²) < 4.78 is 8.94. The molecule has 0 saturated carbocycles. The Morgan fingerprint density at radius 1 is 1.71 bits per heavy atom. The van der Waals surface area contributed by atoms with Crippen molar-refractivity contribution in [3.63, 3.8) is 0 Å². The lowest BCUT2D eigenvalue weighted by molar-refractivity contribution is 0.0543. The van der Waals surface area contributed by atoms with Crippen LogP contribution in [0.4, 0.5) is 4.79 Å². The number of ether oxygens (including phenoxy) is 2. The minimum Gasteiger partial charge on any atom is -0.438 e. The van der Waals surface area contributed by atoms with E-state index in [2.05, 4.69) is 14.5 Å². The number of aromatic nitrogens is 1. The summed E-state index contributed by atoms with van der Waals surface area (Å²) in [5.41, 5.74) is 0.514. The molecule has 1 rings (SSSR count). The first-order chi connectivity index (χ1) is 6.77. The number of hydrogen-bond donors (Lipinski definition) is 0. The number of carbonyl (C=O) groups is 1. The summed E-state index contributed by atoms with van der Waals surface area (Å²) in [5, 5.41) is 8.71. The Hall–Kier alpha value is -2.09. The van der Waals surface area contributed by atoms with E-state index >= 15 is 0 Å². The van der Waals surface area contributed by atoms with Gasteiger partial charge in [-0.2, -0.15) is 5.26 Å². The molecule has 1 aromatic heterocycles. The van der Waals surface area contributed by atoms with Crippen LogP contribution in [-0.4, -0.2) is 18.2 Å². The van der Waals surface area contributed by atoms with E-state index in [-0.39, 0.29) is 0 Å². The number of hydrogen-bond acceptors (Lipinski definition) is 5. The number of nitriles is 1. The normalized spacial score (nSPS) is 11.1. The molecule has 1 heterocycles. The van der Waals surface area contributed by atoms with Crippen LogP contribution >= 0.6 is 0 Å². The SMILES string of the molecule is COC(=O)O[C@H](C#N)c1cccnc1. The van der Waals surface area contributed by atoms with E-state index in [9.17, 15) is 4.79 Å². The highest BCUT2D eigenvalue weighted by Crippen LogP contribution is 2.15. The van der Waals surface area contributed by atoms with Crippen LogP contribution in [-0.2, 0) is 9.47 Å². The van der Waals surface area contributed by atoms with Gasteiger partial charge in [0.15, 0.2) is 0 Å². The molecule has 5 heteroatoms. The summed E-state index contributed by atoms with van der Waals surface area (Å²) >= 11 is 0. The summed E-state index contributed by atoms with van der Waals surface area (Å²) in [6.45, 7) is 0. The predicted octanol–water partition coefficient (Wildman–Crippen LogP) is 1.43. The molecule has 0 saturated heterocycles. The Balaban J connectivity index is 2.74. The van der Waals surface area contributed by atoms with Gasteiger partial charge in [0.2, 0.25) is 6.10 Å². The molecule has 0 spiro atoms. The monoisotopic (exact) mass is 192 g/mol. The van der Waals surface area contributed by atoms with Crippen molar-refractivity contribution in [1.82, 2.24) is 4.98 Å². The van der Waals surface area contributed by atoms with Crippen LogP contribution in [0.5, 0.6) is 0 Å². The highest BCUT2D eigenvalue weighted by Gasteiger charge is 2.15. The van der Waals surface area contributed by atoms with E-state index in [1.165, 1.54) is 13.3 Å². The Morgan fingerprint density at radius 2 is 2.50 bits per heavy atom. The van der Waals surface area contributed by atoms with Crippen molar-refractivity contribution < 1.29 is 14.3 Å². The minimum atomic E-state index is -0.976. The van der Waals surface area contributed by atoms with Crippen LogP contribution in [0.2, 0.25) is 0 Å². The second-order valence-corrected chi connectivity index (χ2v) is 2.37. The predicted molar refractivity (Wildman–Crippen MR) is 46.1 cm³/mol. The molecule has 72 valence electrons. The molecule has 0 fully saturated rings. The fraction of sp³-hybridized carbons (Fsp3) is 0.222. The standard InChI is InChI=1S/C9H8N2O3/c1-13-9(12)14-8(5-10)7-3-2-4-11-6-7/h2-4,6,8H,1H3/t8-/m1/s1. The maximum atomic E-state index is 10.7. The van der Waals surface area contributed by atoms with Crippen molar-refractivity contribution in [2.45, 2.75) is 6.10 Å². The molecule has 1 aromatic rings. The molecular formula is C9H8N2O3. The van der Waals surface area contributed by atoms with Crippen LogP contribution in [0.25, 0.3) is 0 Å². The zero-order valence-electron chi connectivity index (χ0n) is 7.51. The number of nitrogens with zero attached hydrogens (tertiary/aromatic N) is 2. The lowest BCUT2D eigenvalue weighted by atomic mass is 10.2. The van der Waals surface area contributed by atoms with Crippen LogP contribution in [0.1, 0.15) is 11.7 Å². The molecule has 0 aliphatic heterocycles. The molecule has 0 amide bonds. The van der Waals surface area contributed by atoms with Gasteiger partial charge in [-0.3, -0.25) is 4.98 Å². The van der Waals surface area contributed by atoms with Crippen molar-refractivity contribution in [2.75, 3.05) is 7.11 Å². The Morgan fingerprint density at radius 3 is 3.00 bits per heavy atom. The van der Waals surface area contributed by atoms with Crippen LogP contribution in [0.3, 0.4) is 0 Å². The molecule has 14 heavy (non-hydrogen) atoms. The van der Waals surface area contributed by atoms with Gasteiger partial charge in [-0.05, 0) is 6.07 Å². The van der Waals surface area contributed by atoms with E-state index in [4.69, 9.17) is 5.26 Å². The summed E-state index contributed by atoms with van der Waals surface area (Å²) in [4.78, 5) is 14.5. The third-order valence-electron chi connectivity index (χ3n) is 1.49. The number of pyridine rings is 1. The van der Waals surface area contributed by atoms with Crippen LogP contribution in [0.15, 0.2) is 24.5 Å². The Bertz CT molecular complexity index is 345. The van der Waals surface area contributed by atoms with Crippen molar-refractivity contribution in [3.05, 3.63) is 30.1 Å². The van der Waals surface area contributed by atoms with E-state index in [1.54, 1.807) is 18.3 Å². The zero-order valence-corrected chi connectivity index (χ0v) is 7.51. The summed E-state index contributed by atoms with van der Waals surface area (Å²) in [5.74, 6) is 0. The van der Waals surface area contributed by atoms with Gasteiger partial charge in [-0.1, -0.05) is 6.07 Å². The smallest absolute Gasteiger partial charge is 0.438 e. The topological polar surface area (TPSA) is 72.2 Å². The molecule has 0 aromatic carbocycles. The largest absolute Gasteiger partial charge is 0.509 e. The van der Waals surface area contributed by atoms with Crippen LogP contribution in [0, 0.1) is 11.3 Å². The van der Waals surface area contributed by atoms with Gasteiger partial charge in [0.05, 0.1) is 7.11 Å².